The van der Waals surface area contributed by atoms with Crippen LogP contribution in [-0.2, 0) is 25.0 Å². The van der Waals surface area contributed by atoms with Crippen molar-refractivity contribution in [3.05, 3.63) is 45.7 Å². The lowest BCUT2D eigenvalue weighted by Crippen LogP contribution is -2.30. The van der Waals surface area contributed by atoms with Crippen molar-refractivity contribution in [2.45, 2.75) is 68.6 Å². The van der Waals surface area contributed by atoms with Gasteiger partial charge in [-0.15, -0.1) is 0 Å². The minimum atomic E-state index is -4.88. The van der Waals surface area contributed by atoms with Gasteiger partial charge in [-0.25, -0.2) is 23.7 Å². The Labute approximate surface area is 202 Å². The van der Waals surface area contributed by atoms with Crippen LogP contribution in [0.4, 0.5) is 22.0 Å². The third-order valence-corrected chi connectivity index (χ3v) is 7.07. The largest absolute Gasteiger partial charge is 0.449 e. The van der Waals surface area contributed by atoms with Gasteiger partial charge in [0, 0.05) is 57.1 Å². The number of aryl methyl sites for hydroxylation is 1. The monoisotopic (exact) mass is 512 g/mol. The summed E-state index contributed by atoms with van der Waals surface area (Å²) in [5.74, 6) is -4.71. The second-order valence-corrected chi connectivity index (χ2v) is 9.62. The maximum atomic E-state index is 13.8. The molecule has 0 aromatic carbocycles. The van der Waals surface area contributed by atoms with E-state index in [9.17, 15) is 26.7 Å². The lowest BCUT2D eigenvalue weighted by Gasteiger charge is -2.30. The molecule has 2 atom stereocenters. The zero-order chi connectivity index (χ0) is 25.8. The lowest BCUT2D eigenvalue weighted by molar-refractivity contribution is -0.147. The molecule has 1 aliphatic heterocycles. The summed E-state index contributed by atoms with van der Waals surface area (Å²) in [7, 11) is 2.78. The van der Waals surface area contributed by atoms with Crippen LogP contribution in [-0.4, -0.2) is 41.8 Å². The summed E-state index contributed by atoms with van der Waals surface area (Å²) >= 11 is 0. The molecule has 0 unspecified atom stereocenters. The van der Waals surface area contributed by atoms with Crippen molar-refractivity contribution in [1.29, 1.82) is 0 Å². The van der Waals surface area contributed by atoms with Crippen LogP contribution >= 0.6 is 0 Å². The van der Waals surface area contributed by atoms with Crippen molar-refractivity contribution in [3.8, 4) is 0 Å². The van der Waals surface area contributed by atoms with E-state index in [1.807, 2.05) is 6.20 Å². The molecule has 1 saturated carbocycles. The molecule has 0 bridgehead atoms. The molecule has 13 heteroatoms. The minimum absolute atomic E-state index is 0.0306. The number of halogens is 5. The number of hydrogen-bond donors (Lipinski definition) is 0. The van der Waals surface area contributed by atoms with Crippen LogP contribution < -0.4 is 5.56 Å². The predicted molar refractivity (Wildman–Crippen MR) is 118 cm³/mol. The van der Waals surface area contributed by atoms with Gasteiger partial charge < -0.3 is 4.74 Å². The SMILES string of the molecule is Cn1cc([C@@H]2C[C@H](c3nc(C4CCC(F)(F)CC4)c4nc(C(F)(F)F)n(C)c(=O)c4n3)CCO2)cn1. The van der Waals surface area contributed by atoms with Crippen LogP contribution in [0.1, 0.15) is 79.4 Å². The van der Waals surface area contributed by atoms with Crippen molar-refractivity contribution in [2.75, 3.05) is 6.61 Å². The van der Waals surface area contributed by atoms with Crippen LogP contribution in [0.3, 0.4) is 0 Å². The molecule has 2 fully saturated rings. The summed E-state index contributed by atoms with van der Waals surface area (Å²) in [6.07, 6.45) is -1.37. The van der Waals surface area contributed by atoms with Gasteiger partial charge in [-0.1, -0.05) is 0 Å². The molecule has 4 heterocycles. The molecule has 5 rings (SSSR count). The molecule has 0 N–H and O–H groups in total. The van der Waals surface area contributed by atoms with Crippen LogP contribution in [0.25, 0.3) is 11.0 Å². The molecule has 0 amide bonds. The van der Waals surface area contributed by atoms with E-state index in [0.717, 1.165) is 12.6 Å². The van der Waals surface area contributed by atoms with Gasteiger partial charge in [-0.05, 0) is 25.7 Å². The van der Waals surface area contributed by atoms with E-state index in [1.54, 1.807) is 17.9 Å². The van der Waals surface area contributed by atoms with Crippen molar-refractivity contribution in [1.82, 2.24) is 29.3 Å². The lowest BCUT2D eigenvalue weighted by atomic mass is 9.84. The van der Waals surface area contributed by atoms with Gasteiger partial charge in [-0.2, -0.15) is 18.3 Å². The highest BCUT2D eigenvalue weighted by Gasteiger charge is 2.40. The number of fused-ring (bicyclic) bond motifs is 1. The molecule has 1 saturated heterocycles. The first-order chi connectivity index (χ1) is 16.9. The summed E-state index contributed by atoms with van der Waals surface area (Å²) in [4.78, 5) is 25.8. The number of ether oxygens (including phenoxy) is 1. The van der Waals surface area contributed by atoms with Crippen molar-refractivity contribution < 1.29 is 26.7 Å². The summed E-state index contributed by atoms with van der Waals surface area (Å²) < 4.78 is 76.5. The summed E-state index contributed by atoms with van der Waals surface area (Å²) in [5, 5.41) is 4.17. The van der Waals surface area contributed by atoms with E-state index in [4.69, 9.17) is 4.74 Å². The predicted octanol–water partition coefficient (Wildman–Crippen LogP) is 4.40. The van der Waals surface area contributed by atoms with Gasteiger partial charge >= 0.3 is 6.18 Å². The Balaban J connectivity index is 1.62. The van der Waals surface area contributed by atoms with Gasteiger partial charge in [-0.3, -0.25) is 14.0 Å². The second-order valence-electron chi connectivity index (χ2n) is 9.62. The maximum Gasteiger partial charge on any atom is 0.449 e. The molecule has 1 aliphatic carbocycles. The number of nitrogens with zero attached hydrogens (tertiary/aromatic N) is 6. The van der Waals surface area contributed by atoms with Gasteiger partial charge in [0.25, 0.3) is 5.56 Å². The van der Waals surface area contributed by atoms with Crippen LogP contribution in [0, 0.1) is 0 Å². The number of aromatic nitrogens is 6. The van der Waals surface area contributed by atoms with E-state index in [0.29, 0.717) is 29.8 Å². The van der Waals surface area contributed by atoms with E-state index < -0.39 is 42.2 Å². The normalized spacial score (nSPS) is 23.3. The van der Waals surface area contributed by atoms with Crippen LogP contribution in [0.2, 0.25) is 0 Å². The first-order valence-electron chi connectivity index (χ1n) is 11.8. The Kier molecular flexibility index (Phi) is 6.08. The summed E-state index contributed by atoms with van der Waals surface area (Å²) in [5.41, 5.74) is -0.440. The molecule has 3 aromatic heterocycles. The van der Waals surface area contributed by atoms with Crippen LogP contribution in [0.5, 0.6) is 0 Å². The average molecular weight is 512 g/mol. The van der Waals surface area contributed by atoms with E-state index >= 15 is 0 Å². The van der Waals surface area contributed by atoms with E-state index in [2.05, 4.69) is 20.1 Å². The van der Waals surface area contributed by atoms with E-state index in [-0.39, 0.29) is 41.6 Å². The summed E-state index contributed by atoms with van der Waals surface area (Å²) in [6.45, 7) is 0.389. The third kappa shape index (κ3) is 4.60. The molecular weight excluding hydrogens is 487 g/mol. The quantitative estimate of drug-likeness (QED) is 0.484. The Bertz CT molecular complexity index is 1340. The highest BCUT2D eigenvalue weighted by molar-refractivity contribution is 5.76. The highest BCUT2D eigenvalue weighted by atomic mass is 19.4. The van der Waals surface area contributed by atoms with Gasteiger partial charge in [0.15, 0.2) is 5.52 Å². The highest BCUT2D eigenvalue weighted by Crippen LogP contribution is 2.43. The fourth-order valence-electron chi connectivity index (χ4n) is 5.09. The van der Waals surface area contributed by atoms with Gasteiger partial charge in [0.2, 0.25) is 11.7 Å². The molecule has 2 aliphatic rings. The van der Waals surface area contributed by atoms with Crippen molar-refractivity contribution >= 4 is 11.0 Å². The third-order valence-electron chi connectivity index (χ3n) is 7.07. The Morgan fingerprint density at radius 1 is 1.03 bits per heavy atom. The van der Waals surface area contributed by atoms with Gasteiger partial charge in [0.05, 0.1) is 18.0 Å². The molecule has 194 valence electrons. The number of rotatable bonds is 3. The van der Waals surface area contributed by atoms with Crippen molar-refractivity contribution in [3.63, 3.8) is 0 Å². The van der Waals surface area contributed by atoms with Gasteiger partial charge in [0.1, 0.15) is 11.3 Å². The summed E-state index contributed by atoms with van der Waals surface area (Å²) in [6, 6.07) is 0. The van der Waals surface area contributed by atoms with Crippen LogP contribution in [0.15, 0.2) is 17.2 Å². The molecule has 36 heavy (non-hydrogen) atoms. The fraction of sp³-hybridized carbons (Fsp3) is 0.609. The topological polar surface area (TPSA) is 87.7 Å². The number of hydrogen-bond acceptors (Lipinski definition) is 6. The Morgan fingerprint density at radius 2 is 1.75 bits per heavy atom. The first kappa shape index (κ1) is 24.7. The molecule has 3 aromatic rings. The minimum Gasteiger partial charge on any atom is -0.373 e. The maximum absolute atomic E-state index is 13.8. The average Bonchev–Trinajstić information content (AvgIpc) is 3.26. The molecule has 8 nitrogen and oxygen atoms in total. The molecule has 0 spiro atoms. The standard InChI is InChI=1S/C23H25F5N6O2/c1-33-11-14(10-29-33)15-9-13(5-8-36-15)19-30-16(12-3-6-22(24,25)7-4-12)17-18(31-19)20(35)34(2)21(32-17)23(26,27)28/h10-13,15H,3-9H2,1-2H3/t13-,15+/m1/s1. The number of alkyl halides is 5. The van der Waals surface area contributed by atoms with Crippen molar-refractivity contribution in [2.24, 2.45) is 14.1 Å². The zero-order valence-corrected chi connectivity index (χ0v) is 19.7. The Morgan fingerprint density at radius 3 is 2.39 bits per heavy atom. The zero-order valence-electron chi connectivity index (χ0n) is 19.7. The smallest absolute Gasteiger partial charge is 0.373 e. The first-order valence-corrected chi connectivity index (χ1v) is 11.8. The fourth-order valence-corrected chi connectivity index (χ4v) is 5.09. The molecular formula is C23H25F5N6O2. The second kappa shape index (κ2) is 8.86. The Hall–Kier alpha value is -2.96. The molecule has 0 radical (unpaired) electrons. The van der Waals surface area contributed by atoms with E-state index in [1.165, 1.54) is 0 Å².